The Morgan fingerprint density at radius 3 is 2.75 bits per heavy atom. The molecule has 1 N–H and O–H groups in total. The van der Waals surface area contributed by atoms with Gasteiger partial charge in [0, 0.05) is 17.5 Å². The van der Waals surface area contributed by atoms with Gasteiger partial charge in [0.2, 0.25) is 5.91 Å². The first-order chi connectivity index (χ1) is 13.7. The third-order valence-corrected chi connectivity index (χ3v) is 6.31. The molecule has 0 spiro atoms. The summed E-state index contributed by atoms with van der Waals surface area (Å²) in [5, 5.41) is 3.97. The van der Waals surface area contributed by atoms with Crippen LogP contribution in [0.2, 0.25) is 5.02 Å². The zero-order chi connectivity index (χ0) is 19.5. The Labute approximate surface area is 171 Å². The van der Waals surface area contributed by atoms with E-state index in [1.54, 1.807) is 7.11 Å². The van der Waals surface area contributed by atoms with Crippen molar-refractivity contribution < 1.29 is 9.53 Å². The molecule has 1 aliphatic heterocycles. The molecule has 28 heavy (non-hydrogen) atoms. The number of hydrogen-bond donors (Lipinski definition) is 1. The fourth-order valence-electron chi connectivity index (χ4n) is 4.29. The minimum absolute atomic E-state index is 0.0319. The second-order valence-electron chi connectivity index (χ2n) is 7.75. The molecule has 1 aliphatic carbocycles. The van der Waals surface area contributed by atoms with E-state index in [0.29, 0.717) is 6.54 Å². The number of carbonyl (C=O) groups is 1. The van der Waals surface area contributed by atoms with Gasteiger partial charge >= 0.3 is 0 Å². The third kappa shape index (κ3) is 4.18. The van der Waals surface area contributed by atoms with Crippen molar-refractivity contribution in [2.45, 2.75) is 31.2 Å². The van der Waals surface area contributed by atoms with E-state index in [1.165, 1.54) is 18.4 Å². The molecule has 2 aromatic rings. The van der Waals surface area contributed by atoms with Crippen molar-refractivity contribution in [1.29, 1.82) is 0 Å². The van der Waals surface area contributed by atoms with Crippen molar-refractivity contribution >= 4 is 17.5 Å². The number of methoxy groups -OCH3 is 1. The molecule has 0 radical (unpaired) electrons. The maximum absolute atomic E-state index is 12.8. The van der Waals surface area contributed by atoms with Crippen molar-refractivity contribution in [2.24, 2.45) is 5.92 Å². The van der Waals surface area contributed by atoms with Crippen LogP contribution in [-0.2, 0) is 4.79 Å². The first kappa shape index (κ1) is 19.3. The highest BCUT2D eigenvalue weighted by atomic mass is 35.5. The Balaban J connectivity index is 1.42. The van der Waals surface area contributed by atoms with Gasteiger partial charge in [-0.3, -0.25) is 9.69 Å². The Bertz CT molecular complexity index is 835. The minimum Gasteiger partial charge on any atom is -0.497 e. The molecule has 5 heteroatoms. The van der Waals surface area contributed by atoms with E-state index in [1.807, 2.05) is 36.4 Å². The largest absolute Gasteiger partial charge is 0.497 e. The molecule has 2 fully saturated rings. The molecule has 2 aliphatic rings. The number of amides is 1. The molecular formula is C23H27ClN2O2. The molecule has 2 aromatic carbocycles. The summed E-state index contributed by atoms with van der Waals surface area (Å²) in [5.74, 6) is 1.27. The van der Waals surface area contributed by atoms with Gasteiger partial charge in [0.15, 0.2) is 0 Å². The zero-order valence-electron chi connectivity index (χ0n) is 16.2. The van der Waals surface area contributed by atoms with Crippen molar-refractivity contribution in [2.75, 3.05) is 26.7 Å². The average Bonchev–Trinajstić information content (AvgIpc) is 3.34. The van der Waals surface area contributed by atoms with Crippen LogP contribution < -0.4 is 10.1 Å². The molecule has 4 nitrogen and oxygen atoms in total. The normalized spacial score (nSPS) is 22.6. The summed E-state index contributed by atoms with van der Waals surface area (Å²) in [6, 6.07) is 16.2. The van der Waals surface area contributed by atoms with Crippen LogP contribution in [0.1, 0.15) is 42.3 Å². The first-order valence-electron chi connectivity index (χ1n) is 10.1. The molecule has 0 bridgehead atoms. The van der Waals surface area contributed by atoms with Gasteiger partial charge in [-0.15, -0.1) is 0 Å². The molecule has 1 saturated carbocycles. The standard InChI is InChI=1S/C23H27ClN2O2/c1-28-17-8-6-7-16(13-17)22(26-11-4-5-12-26)15-25-23(27)20-14-19(20)18-9-2-3-10-21(18)24/h2-3,6-10,13,19-20,22H,4-5,11-12,14-15H2,1H3,(H,25,27). The highest BCUT2D eigenvalue weighted by Gasteiger charge is 2.44. The number of hydrogen-bond acceptors (Lipinski definition) is 3. The Hall–Kier alpha value is -2.04. The van der Waals surface area contributed by atoms with Crippen LogP contribution in [0, 0.1) is 5.92 Å². The summed E-state index contributed by atoms with van der Waals surface area (Å²) >= 11 is 6.30. The number of carbonyl (C=O) groups excluding carboxylic acids is 1. The van der Waals surface area contributed by atoms with E-state index in [0.717, 1.165) is 35.8 Å². The van der Waals surface area contributed by atoms with Gasteiger partial charge in [0.1, 0.15) is 5.75 Å². The molecule has 3 unspecified atom stereocenters. The quantitative estimate of drug-likeness (QED) is 0.751. The van der Waals surface area contributed by atoms with Gasteiger partial charge in [-0.2, -0.15) is 0 Å². The number of likely N-dealkylation sites (tertiary alicyclic amines) is 1. The lowest BCUT2D eigenvalue weighted by molar-refractivity contribution is -0.122. The van der Waals surface area contributed by atoms with Gasteiger partial charge in [-0.1, -0.05) is 41.9 Å². The van der Waals surface area contributed by atoms with Crippen LogP contribution in [0.15, 0.2) is 48.5 Å². The lowest BCUT2D eigenvalue weighted by Crippen LogP contribution is -2.37. The van der Waals surface area contributed by atoms with Crippen LogP contribution in [-0.4, -0.2) is 37.6 Å². The van der Waals surface area contributed by atoms with Crippen LogP contribution in [0.3, 0.4) is 0 Å². The minimum atomic E-state index is 0.0319. The van der Waals surface area contributed by atoms with E-state index in [2.05, 4.69) is 22.3 Å². The van der Waals surface area contributed by atoms with Gasteiger partial charge in [0.25, 0.3) is 0 Å². The highest BCUT2D eigenvalue weighted by molar-refractivity contribution is 6.31. The van der Waals surface area contributed by atoms with E-state index >= 15 is 0 Å². The zero-order valence-corrected chi connectivity index (χ0v) is 17.0. The summed E-state index contributed by atoms with van der Waals surface area (Å²) in [7, 11) is 1.69. The number of nitrogens with zero attached hydrogens (tertiary/aromatic N) is 1. The molecule has 4 rings (SSSR count). The maximum Gasteiger partial charge on any atom is 0.223 e. The number of halogens is 1. The molecule has 3 atom stereocenters. The van der Waals surface area contributed by atoms with Gasteiger partial charge in [-0.25, -0.2) is 0 Å². The molecule has 0 aromatic heterocycles. The summed E-state index contributed by atoms with van der Waals surface area (Å²) in [6.07, 6.45) is 3.31. The molecule has 1 heterocycles. The summed E-state index contributed by atoms with van der Waals surface area (Å²) in [4.78, 5) is 15.2. The van der Waals surface area contributed by atoms with E-state index in [4.69, 9.17) is 16.3 Å². The van der Waals surface area contributed by atoms with Crippen molar-refractivity contribution in [1.82, 2.24) is 10.2 Å². The lowest BCUT2D eigenvalue weighted by atomic mass is 10.0. The summed E-state index contributed by atoms with van der Waals surface area (Å²) in [5.41, 5.74) is 2.29. The molecule has 148 valence electrons. The lowest BCUT2D eigenvalue weighted by Gasteiger charge is -2.28. The second kappa shape index (κ2) is 8.54. The Morgan fingerprint density at radius 2 is 2.00 bits per heavy atom. The van der Waals surface area contributed by atoms with Crippen molar-refractivity contribution in [3.05, 3.63) is 64.7 Å². The van der Waals surface area contributed by atoms with Crippen molar-refractivity contribution in [3.63, 3.8) is 0 Å². The predicted octanol–water partition coefficient (Wildman–Crippen LogP) is 4.41. The number of nitrogens with one attached hydrogen (secondary N) is 1. The Morgan fingerprint density at radius 1 is 1.21 bits per heavy atom. The first-order valence-corrected chi connectivity index (χ1v) is 10.5. The number of benzene rings is 2. The number of ether oxygens (including phenoxy) is 1. The average molecular weight is 399 g/mol. The summed E-state index contributed by atoms with van der Waals surface area (Å²) < 4.78 is 5.40. The van der Waals surface area contributed by atoms with Crippen LogP contribution in [0.25, 0.3) is 0 Å². The van der Waals surface area contributed by atoms with Gasteiger partial charge in [-0.05, 0) is 67.6 Å². The molecule has 1 saturated heterocycles. The van der Waals surface area contributed by atoms with Gasteiger partial charge in [0.05, 0.1) is 13.2 Å². The SMILES string of the molecule is COc1cccc(C(CNC(=O)C2CC2c2ccccc2Cl)N2CCCC2)c1. The van der Waals surface area contributed by atoms with Gasteiger partial charge < -0.3 is 10.1 Å². The van der Waals surface area contributed by atoms with Crippen molar-refractivity contribution in [3.8, 4) is 5.75 Å². The Kier molecular flexibility index (Phi) is 5.88. The van der Waals surface area contributed by atoms with Crippen LogP contribution >= 0.6 is 11.6 Å². The smallest absolute Gasteiger partial charge is 0.223 e. The molecular weight excluding hydrogens is 372 g/mol. The van der Waals surface area contributed by atoms with E-state index in [9.17, 15) is 4.79 Å². The van der Waals surface area contributed by atoms with Crippen LogP contribution in [0.5, 0.6) is 5.75 Å². The fourth-order valence-corrected chi connectivity index (χ4v) is 4.57. The monoisotopic (exact) mass is 398 g/mol. The summed E-state index contributed by atoms with van der Waals surface area (Å²) in [6.45, 7) is 2.77. The highest BCUT2D eigenvalue weighted by Crippen LogP contribution is 2.49. The van der Waals surface area contributed by atoms with E-state index < -0.39 is 0 Å². The van der Waals surface area contributed by atoms with E-state index in [-0.39, 0.29) is 23.8 Å². The predicted molar refractivity (Wildman–Crippen MR) is 112 cm³/mol. The fraction of sp³-hybridized carbons (Fsp3) is 0.435. The number of rotatable bonds is 7. The topological polar surface area (TPSA) is 41.6 Å². The maximum atomic E-state index is 12.8. The second-order valence-corrected chi connectivity index (χ2v) is 8.16. The molecule has 1 amide bonds. The third-order valence-electron chi connectivity index (χ3n) is 5.96. The van der Waals surface area contributed by atoms with Crippen LogP contribution in [0.4, 0.5) is 0 Å².